The smallest absolute Gasteiger partial charge is 0.248 e. The van der Waals surface area contributed by atoms with E-state index in [1.807, 2.05) is 16.8 Å². The fourth-order valence-electron chi connectivity index (χ4n) is 1.68. The van der Waals surface area contributed by atoms with Crippen molar-refractivity contribution in [2.75, 3.05) is 5.32 Å². The maximum atomic E-state index is 11.9. The molecule has 0 aliphatic rings. The van der Waals surface area contributed by atoms with Crippen LogP contribution in [0, 0.1) is 0 Å². The Kier molecular flexibility index (Phi) is 3.94. The van der Waals surface area contributed by atoms with Gasteiger partial charge in [-0.25, -0.2) is 0 Å². The molecule has 3 rings (SSSR count). The van der Waals surface area contributed by atoms with E-state index in [1.54, 1.807) is 35.6 Å². The molecule has 21 heavy (non-hydrogen) atoms. The van der Waals surface area contributed by atoms with Gasteiger partial charge in [0, 0.05) is 21.7 Å². The minimum atomic E-state index is -0.230. The minimum Gasteiger partial charge on any atom is -0.324 e. The van der Waals surface area contributed by atoms with Gasteiger partial charge in [-0.2, -0.15) is 16.1 Å². The number of carbonyl (C=O) groups excluding carboxylic acids is 1. The second kappa shape index (κ2) is 6.02. The maximum absolute atomic E-state index is 11.9. The van der Waals surface area contributed by atoms with Crippen LogP contribution in [0.1, 0.15) is 0 Å². The van der Waals surface area contributed by atoms with Gasteiger partial charge in [0.2, 0.25) is 11.7 Å². The summed E-state index contributed by atoms with van der Waals surface area (Å²) in [7, 11) is 0. The third-order valence-electron chi connectivity index (χ3n) is 2.65. The highest BCUT2D eigenvalue weighted by atomic mass is 35.5. The first-order valence-corrected chi connectivity index (χ1v) is 7.38. The summed E-state index contributed by atoms with van der Waals surface area (Å²) in [5, 5.41) is 19.2. The SMILES string of the molecule is O=C(Cn1nnc(-c2ccsc2)n1)Nc1ccc(Cl)cc1. The lowest BCUT2D eigenvalue weighted by Crippen LogP contribution is -2.20. The zero-order valence-electron chi connectivity index (χ0n) is 10.7. The molecule has 0 fully saturated rings. The molecule has 3 aromatic rings. The highest BCUT2D eigenvalue weighted by Gasteiger charge is 2.09. The van der Waals surface area contributed by atoms with Crippen molar-refractivity contribution < 1.29 is 4.79 Å². The zero-order valence-corrected chi connectivity index (χ0v) is 12.3. The Morgan fingerprint density at radius 3 is 2.81 bits per heavy atom. The van der Waals surface area contributed by atoms with Crippen LogP contribution in [0.5, 0.6) is 0 Å². The van der Waals surface area contributed by atoms with Crippen molar-refractivity contribution in [1.29, 1.82) is 0 Å². The van der Waals surface area contributed by atoms with E-state index in [-0.39, 0.29) is 12.5 Å². The number of rotatable bonds is 4. The van der Waals surface area contributed by atoms with Crippen molar-refractivity contribution in [3.05, 3.63) is 46.1 Å². The standard InChI is InChI=1S/C13H10ClN5OS/c14-10-1-3-11(4-2-10)15-12(20)7-19-17-13(16-18-19)9-5-6-21-8-9/h1-6,8H,7H2,(H,15,20). The Balaban J connectivity index is 1.64. The van der Waals surface area contributed by atoms with Crippen LogP contribution in [0.2, 0.25) is 5.02 Å². The van der Waals surface area contributed by atoms with Crippen molar-refractivity contribution in [2.24, 2.45) is 0 Å². The Bertz CT molecular complexity index is 738. The monoisotopic (exact) mass is 319 g/mol. The number of nitrogens with zero attached hydrogens (tertiary/aromatic N) is 4. The second-order valence-corrected chi connectivity index (χ2v) is 5.43. The highest BCUT2D eigenvalue weighted by molar-refractivity contribution is 7.08. The number of nitrogens with one attached hydrogen (secondary N) is 1. The van der Waals surface area contributed by atoms with Gasteiger partial charge < -0.3 is 5.32 Å². The summed E-state index contributed by atoms with van der Waals surface area (Å²) in [4.78, 5) is 13.2. The first kappa shape index (κ1) is 13.7. The van der Waals surface area contributed by atoms with Crippen LogP contribution >= 0.6 is 22.9 Å². The largest absolute Gasteiger partial charge is 0.324 e. The minimum absolute atomic E-state index is 0.000235. The molecule has 1 aromatic carbocycles. The van der Waals surface area contributed by atoms with Crippen LogP contribution in [-0.2, 0) is 11.3 Å². The van der Waals surface area contributed by atoms with E-state index in [1.165, 1.54) is 4.80 Å². The summed E-state index contributed by atoms with van der Waals surface area (Å²) in [6.07, 6.45) is 0. The third kappa shape index (κ3) is 3.45. The Morgan fingerprint density at radius 2 is 2.10 bits per heavy atom. The molecule has 1 N–H and O–H groups in total. The molecule has 0 atom stereocenters. The average Bonchev–Trinajstić information content (AvgIpc) is 3.12. The Hall–Kier alpha value is -2.25. The molecular formula is C13H10ClN5OS. The number of anilines is 1. The number of thiophene rings is 1. The molecule has 2 aromatic heterocycles. The third-order valence-corrected chi connectivity index (χ3v) is 3.58. The summed E-state index contributed by atoms with van der Waals surface area (Å²) in [6.45, 7) is -0.000235. The molecule has 0 aliphatic heterocycles. The van der Waals surface area contributed by atoms with Gasteiger partial charge in [0.25, 0.3) is 0 Å². The average molecular weight is 320 g/mol. The van der Waals surface area contributed by atoms with E-state index < -0.39 is 0 Å². The van der Waals surface area contributed by atoms with Gasteiger partial charge in [-0.1, -0.05) is 11.6 Å². The van der Waals surface area contributed by atoms with Crippen LogP contribution in [0.4, 0.5) is 5.69 Å². The normalized spacial score (nSPS) is 10.5. The number of hydrogen-bond donors (Lipinski definition) is 1. The summed E-state index contributed by atoms with van der Waals surface area (Å²) in [6, 6.07) is 8.77. The van der Waals surface area contributed by atoms with Crippen LogP contribution in [0.3, 0.4) is 0 Å². The zero-order chi connectivity index (χ0) is 14.7. The molecule has 0 spiro atoms. The molecule has 6 nitrogen and oxygen atoms in total. The summed E-state index contributed by atoms with van der Waals surface area (Å²) < 4.78 is 0. The fraction of sp³-hybridized carbons (Fsp3) is 0.0769. The summed E-state index contributed by atoms with van der Waals surface area (Å²) in [5.41, 5.74) is 1.56. The lowest BCUT2D eigenvalue weighted by molar-refractivity contribution is -0.117. The molecular weight excluding hydrogens is 310 g/mol. The van der Waals surface area contributed by atoms with Crippen molar-refractivity contribution in [1.82, 2.24) is 20.2 Å². The van der Waals surface area contributed by atoms with Gasteiger partial charge in [-0.05, 0) is 40.9 Å². The first-order chi connectivity index (χ1) is 10.2. The van der Waals surface area contributed by atoms with Gasteiger partial charge in [-0.15, -0.1) is 10.2 Å². The number of aromatic nitrogens is 4. The van der Waals surface area contributed by atoms with Gasteiger partial charge in [0.05, 0.1) is 0 Å². The van der Waals surface area contributed by atoms with Gasteiger partial charge in [0.15, 0.2) is 0 Å². The highest BCUT2D eigenvalue weighted by Crippen LogP contribution is 2.16. The van der Waals surface area contributed by atoms with Crippen molar-refractivity contribution in [3.63, 3.8) is 0 Å². The molecule has 1 amide bonds. The summed E-state index contributed by atoms with van der Waals surface area (Å²) >= 11 is 7.34. The van der Waals surface area contributed by atoms with Gasteiger partial charge in [-0.3, -0.25) is 4.79 Å². The van der Waals surface area contributed by atoms with E-state index in [0.29, 0.717) is 16.5 Å². The van der Waals surface area contributed by atoms with E-state index in [0.717, 1.165) is 5.56 Å². The second-order valence-electron chi connectivity index (χ2n) is 4.21. The first-order valence-electron chi connectivity index (χ1n) is 6.06. The van der Waals surface area contributed by atoms with Gasteiger partial charge >= 0.3 is 0 Å². The number of carbonyl (C=O) groups is 1. The van der Waals surface area contributed by atoms with Crippen LogP contribution < -0.4 is 5.32 Å². The van der Waals surface area contributed by atoms with E-state index in [2.05, 4.69) is 20.7 Å². The predicted octanol–water partition coefficient (Wildman–Crippen LogP) is 2.69. The molecule has 0 bridgehead atoms. The Morgan fingerprint density at radius 1 is 1.29 bits per heavy atom. The van der Waals surface area contributed by atoms with Crippen LogP contribution in [-0.4, -0.2) is 26.1 Å². The molecule has 0 aliphatic carbocycles. The Labute approximate surface area is 129 Å². The van der Waals surface area contributed by atoms with Gasteiger partial charge in [0.1, 0.15) is 6.54 Å². The van der Waals surface area contributed by atoms with Crippen LogP contribution in [0.25, 0.3) is 11.4 Å². The van der Waals surface area contributed by atoms with E-state index in [4.69, 9.17) is 11.6 Å². The van der Waals surface area contributed by atoms with Crippen LogP contribution in [0.15, 0.2) is 41.1 Å². The number of amides is 1. The number of tetrazole rings is 1. The van der Waals surface area contributed by atoms with Crippen molar-refractivity contribution in [2.45, 2.75) is 6.54 Å². The maximum Gasteiger partial charge on any atom is 0.248 e. The topological polar surface area (TPSA) is 72.7 Å². The molecule has 0 saturated carbocycles. The van der Waals surface area contributed by atoms with E-state index in [9.17, 15) is 4.79 Å². The fourth-order valence-corrected chi connectivity index (χ4v) is 2.44. The molecule has 0 unspecified atom stereocenters. The summed E-state index contributed by atoms with van der Waals surface area (Å²) in [5.74, 6) is 0.280. The lowest BCUT2D eigenvalue weighted by atomic mass is 10.3. The molecule has 8 heteroatoms. The van der Waals surface area contributed by atoms with Crippen molar-refractivity contribution >= 4 is 34.5 Å². The predicted molar refractivity (Wildman–Crippen MR) is 81.2 cm³/mol. The quantitative estimate of drug-likeness (QED) is 0.802. The molecule has 106 valence electrons. The number of halogens is 1. The molecule has 0 radical (unpaired) electrons. The number of benzene rings is 1. The van der Waals surface area contributed by atoms with Crippen molar-refractivity contribution in [3.8, 4) is 11.4 Å². The molecule has 2 heterocycles. The lowest BCUT2D eigenvalue weighted by Gasteiger charge is -2.04. The van der Waals surface area contributed by atoms with E-state index >= 15 is 0 Å². The molecule has 0 saturated heterocycles. The number of hydrogen-bond acceptors (Lipinski definition) is 5.